The molecule has 130 valence electrons. The molecule has 2 saturated heterocycles. The molecule has 0 saturated carbocycles. The number of carboxylic acids is 1. The van der Waals surface area contributed by atoms with Gasteiger partial charge in [-0.05, 0) is 30.7 Å². The van der Waals surface area contributed by atoms with E-state index in [-0.39, 0.29) is 30.2 Å². The number of amides is 1. The summed E-state index contributed by atoms with van der Waals surface area (Å²) in [5.74, 6) is -1.29. The Kier molecular flexibility index (Phi) is 4.82. The number of carboxylic acid groups (broad SMARTS) is 1. The molecular formula is C17H21FN2O4. The van der Waals surface area contributed by atoms with E-state index in [9.17, 15) is 14.0 Å². The summed E-state index contributed by atoms with van der Waals surface area (Å²) in [5.41, 5.74) is 0.895. The van der Waals surface area contributed by atoms with E-state index in [1.54, 1.807) is 17.9 Å². The molecular weight excluding hydrogens is 315 g/mol. The molecule has 1 amide bonds. The Hall–Kier alpha value is -1.99. The number of carbonyl (C=O) groups excluding carboxylic acids is 1. The fourth-order valence-corrected chi connectivity index (χ4v) is 3.42. The highest BCUT2D eigenvalue weighted by atomic mass is 19.1. The van der Waals surface area contributed by atoms with Crippen molar-refractivity contribution >= 4 is 11.9 Å². The molecule has 2 aliphatic heterocycles. The lowest BCUT2D eigenvalue weighted by atomic mass is 10.1. The largest absolute Gasteiger partial charge is 0.480 e. The minimum atomic E-state index is -0.880. The van der Waals surface area contributed by atoms with Crippen molar-refractivity contribution in [3.63, 3.8) is 0 Å². The van der Waals surface area contributed by atoms with Crippen LogP contribution in [0.25, 0.3) is 0 Å². The van der Waals surface area contributed by atoms with Crippen molar-refractivity contribution in [3.8, 4) is 0 Å². The summed E-state index contributed by atoms with van der Waals surface area (Å²) in [5, 5.41) is 9.09. The Labute approximate surface area is 139 Å². The van der Waals surface area contributed by atoms with E-state index in [4.69, 9.17) is 9.84 Å². The number of hydrogen-bond acceptors (Lipinski definition) is 4. The Morgan fingerprint density at radius 1 is 1.29 bits per heavy atom. The first-order valence-electron chi connectivity index (χ1n) is 8.03. The minimum absolute atomic E-state index is 0.0534. The second-order valence-corrected chi connectivity index (χ2v) is 6.55. The lowest BCUT2D eigenvalue weighted by molar-refractivity contribution is -0.139. The van der Waals surface area contributed by atoms with Gasteiger partial charge in [-0.25, -0.2) is 4.39 Å². The highest BCUT2D eigenvalue weighted by Gasteiger charge is 2.36. The van der Waals surface area contributed by atoms with Gasteiger partial charge in [-0.15, -0.1) is 0 Å². The van der Waals surface area contributed by atoms with Gasteiger partial charge in [0.05, 0.1) is 25.8 Å². The number of aliphatic carboxylic acids is 1. The van der Waals surface area contributed by atoms with Gasteiger partial charge in [0.25, 0.3) is 5.91 Å². The molecule has 1 N–H and O–H groups in total. The van der Waals surface area contributed by atoms with Crippen molar-refractivity contribution in [3.05, 3.63) is 35.1 Å². The van der Waals surface area contributed by atoms with Crippen LogP contribution < -0.4 is 0 Å². The summed E-state index contributed by atoms with van der Waals surface area (Å²) in [7, 11) is 0. The standard InChI is InChI=1S/C17H21FN2O4/c1-11-4-13(2-3-15(11)18)17(23)20-6-12-5-19(8-16(21)22)14(7-20)10-24-9-12/h2-4,12,14H,5-10H2,1H3,(H,21,22)/t12-,14+/m1/s1. The van der Waals surface area contributed by atoms with Crippen LogP contribution in [0, 0.1) is 18.7 Å². The van der Waals surface area contributed by atoms with Crippen LogP contribution in [0.3, 0.4) is 0 Å². The highest BCUT2D eigenvalue weighted by molar-refractivity contribution is 5.94. The fraction of sp³-hybridized carbons (Fsp3) is 0.529. The Bertz CT molecular complexity index is 651. The van der Waals surface area contributed by atoms with Crippen molar-refractivity contribution < 1.29 is 23.8 Å². The van der Waals surface area contributed by atoms with E-state index in [0.29, 0.717) is 44.0 Å². The summed E-state index contributed by atoms with van der Waals surface area (Å²) >= 11 is 0. The maximum absolute atomic E-state index is 13.4. The lowest BCUT2D eigenvalue weighted by Crippen LogP contribution is -2.47. The number of fused-ring (bicyclic) bond motifs is 3. The van der Waals surface area contributed by atoms with Crippen molar-refractivity contribution in [1.82, 2.24) is 9.80 Å². The van der Waals surface area contributed by atoms with E-state index >= 15 is 0 Å². The Morgan fingerprint density at radius 3 is 2.79 bits per heavy atom. The van der Waals surface area contributed by atoms with E-state index in [0.717, 1.165) is 0 Å². The van der Waals surface area contributed by atoms with Crippen LogP contribution >= 0.6 is 0 Å². The van der Waals surface area contributed by atoms with Crippen LogP contribution in [-0.4, -0.2) is 72.2 Å². The molecule has 24 heavy (non-hydrogen) atoms. The molecule has 0 radical (unpaired) electrons. The number of ether oxygens (including phenoxy) is 1. The van der Waals surface area contributed by atoms with Gasteiger partial charge in [-0.1, -0.05) is 0 Å². The van der Waals surface area contributed by atoms with E-state index < -0.39 is 5.97 Å². The van der Waals surface area contributed by atoms with Gasteiger partial charge in [0.1, 0.15) is 5.82 Å². The average Bonchev–Trinajstić information content (AvgIpc) is 2.78. The van der Waals surface area contributed by atoms with E-state index in [1.165, 1.54) is 12.1 Å². The number of benzene rings is 1. The first kappa shape index (κ1) is 16.9. The van der Waals surface area contributed by atoms with Crippen molar-refractivity contribution in [2.45, 2.75) is 13.0 Å². The van der Waals surface area contributed by atoms with E-state index in [1.807, 2.05) is 4.90 Å². The van der Waals surface area contributed by atoms with Gasteiger partial charge in [0, 0.05) is 31.1 Å². The zero-order chi connectivity index (χ0) is 17.3. The van der Waals surface area contributed by atoms with Crippen LogP contribution in [-0.2, 0) is 9.53 Å². The molecule has 2 fully saturated rings. The van der Waals surface area contributed by atoms with Crippen LogP contribution in [0.5, 0.6) is 0 Å². The summed E-state index contributed by atoms with van der Waals surface area (Å²) in [6.45, 7) is 4.03. The summed E-state index contributed by atoms with van der Waals surface area (Å²) in [6, 6.07) is 4.22. The molecule has 3 rings (SSSR count). The molecule has 7 heteroatoms. The van der Waals surface area contributed by atoms with Gasteiger partial charge in [0.2, 0.25) is 0 Å². The van der Waals surface area contributed by atoms with Gasteiger partial charge in [-0.2, -0.15) is 0 Å². The fourth-order valence-electron chi connectivity index (χ4n) is 3.42. The molecule has 2 heterocycles. The van der Waals surface area contributed by atoms with Crippen molar-refractivity contribution in [1.29, 1.82) is 0 Å². The van der Waals surface area contributed by atoms with Crippen molar-refractivity contribution in [2.75, 3.05) is 39.4 Å². The topological polar surface area (TPSA) is 70.1 Å². The van der Waals surface area contributed by atoms with Gasteiger partial charge in [0.15, 0.2) is 0 Å². The van der Waals surface area contributed by atoms with Crippen LogP contribution in [0.15, 0.2) is 18.2 Å². The third-order valence-electron chi connectivity index (χ3n) is 4.61. The first-order valence-corrected chi connectivity index (χ1v) is 8.03. The summed E-state index contributed by atoms with van der Waals surface area (Å²) in [4.78, 5) is 27.5. The molecule has 0 aromatic heterocycles. The number of nitrogens with zero attached hydrogens (tertiary/aromatic N) is 2. The maximum Gasteiger partial charge on any atom is 0.317 e. The third kappa shape index (κ3) is 3.57. The molecule has 0 unspecified atom stereocenters. The molecule has 1 aromatic carbocycles. The predicted molar refractivity (Wildman–Crippen MR) is 84.3 cm³/mol. The monoisotopic (exact) mass is 336 g/mol. The van der Waals surface area contributed by atoms with Gasteiger partial charge < -0.3 is 14.7 Å². The minimum Gasteiger partial charge on any atom is -0.480 e. The summed E-state index contributed by atoms with van der Waals surface area (Å²) < 4.78 is 19.0. The molecule has 2 atom stereocenters. The Balaban J connectivity index is 1.80. The van der Waals surface area contributed by atoms with E-state index in [2.05, 4.69) is 0 Å². The molecule has 0 aliphatic carbocycles. The Morgan fingerprint density at radius 2 is 2.08 bits per heavy atom. The maximum atomic E-state index is 13.4. The number of halogens is 1. The van der Waals surface area contributed by atoms with Crippen LogP contribution in [0.1, 0.15) is 15.9 Å². The second-order valence-electron chi connectivity index (χ2n) is 6.55. The summed E-state index contributed by atoms with van der Waals surface area (Å²) in [6.07, 6.45) is 0. The lowest BCUT2D eigenvalue weighted by Gasteiger charge is -2.30. The average molecular weight is 336 g/mol. The highest BCUT2D eigenvalue weighted by Crippen LogP contribution is 2.21. The van der Waals surface area contributed by atoms with Crippen LogP contribution in [0.4, 0.5) is 4.39 Å². The predicted octanol–water partition coefficient (Wildman–Crippen LogP) is 0.992. The van der Waals surface area contributed by atoms with Crippen molar-refractivity contribution in [2.24, 2.45) is 5.92 Å². The zero-order valence-electron chi connectivity index (χ0n) is 13.6. The first-order chi connectivity index (χ1) is 11.4. The number of rotatable bonds is 3. The number of hydrogen-bond donors (Lipinski definition) is 1. The molecule has 0 spiro atoms. The third-order valence-corrected chi connectivity index (χ3v) is 4.61. The van der Waals surface area contributed by atoms with Gasteiger partial charge >= 0.3 is 5.97 Å². The number of aryl methyl sites for hydroxylation is 1. The zero-order valence-corrected chi connectivity index (χ0v) is 13.6. The normalized spacial score (nSPS) is 24.5. The van der Waals surface area contributed by atoms with Gasteiger partial charge in [-0.3, -0.25) is 14.5 Å². The quantitative estimate of drug-likeness (QED) is 0.891. The second kappa shape index (κ2) is 6.86. The number of carbonyl (C=O) groups is 2. The molecule has 6 nitrogen and oxygen atoms in total. The molecule has 1 aromatic rings. The smallest absolute Gasteiger partial charge is 0.317 e. The molecule has 2 bridgehead atoms. The molecule has 2 aliphatic rings. The van der Waals surface area contributed by atoms with Crippen LogP contribution in [0.2, 0.25) is 0 Å². The SMILES string of the molecule is Cc1cc(C(=O)N2C[C@@H]3COC[C@H](C2)N(CC(=O)O)C3)ccc1F.